The van der Waals surface area contributed by atoms with Crippen LogP contribution in [0.25, 0.3) is 0 Å². The molecule has 6 heteroatoms. The number of hydrogen-bond donors (Lipinski definition) is 0. The van der Waals surface area contributed by atoms with E-state index >= 15 is 0 Å². The summed E-state index contributed by atoms with van der Waals surface area (Å²) in [5, 5.41) is 0. The third-order valence-corrected chi connectivity index (χ3v) is 5.31. The maximum atomic E-state index is 12.4. The Morgan fingerprint density at radius 3 is 2.52 bits per heavy atom. The molecule has 112 valence electrons. The van der Waals surface area contributed by atoms with Crippen molar-refractivity contribution < 1.29 is 8.42 Å². The molecular weight excluding hydrogens is 286 g/mol. The summed E-state index contributed by atoms with van der Waals surface area (Å²) in [5.41, 5.74) is 1.66. The Bertz CT molecular complexity index is 660. The smallest absolute Gasteiger partial charge is 0.214 e. The average Bonchev–Trinajstić information content (AvgIpc) is 2.48. The highest BCUT2D eigenvalue weighted by atomic mass is 32.2. The topological polar surface area (TPSA) is 63.2 Å². The minimum atomic E-state index is -3.34. The number of benzene rings is 1. The van der Waals surface area contributed by atoms with Crippen molar-refractivity contribution in [3.8, 4) is 0 Å². The van der Waals surface area contributed by atoms with E-state index in [0.717, 1.165) is 5.56 Å². The first kappa shape index (κ1) is 15.6. The van der Waals surface area contributed by atoms with Crippen LogP contribution in [0.3, 0.4) is 0 Å². The van der Waals surface area contributed by atoms with E-state index in [9.17, 15) is 8.42 Å². The Kier molecular flexibility index (Phi) is 5.03. The molecule has 21 heavy (non-hydrogen) atoms. The predicted molar refractivity (Wildman–Crippen MR) is 82.1 cm³/mol. The van der Waals surface area contributed by atoms with Gasteiger partial charge in [0, 0.05) is 25.6 Å². The van der Waals surface area contributed by atoms with Crippen LogP contribution in [0.4, 0.5) is 0 Å². The quantitative estimate of drug-likeness (QED) is 0.819. The normalized spacial score (nSPS) is 13.3. The zero-order valence-corrected chi connectivity index (χ0v) is 13.0. The number of hydrogen-bond acceptors (Lipinski definition) is 4. The molecule has 0 saturated carbocycles. The lowest BCUT2D eigenvalue weighted by molar-refractivity contribution is 0.458. The number of aromatic nitrogens is 2. The van der Waals surface area contributed by atoms with Gasteiger partial charge in [0.15, 0.2) is 0 Å². The molecule has 0 unspecified atom stereocenters. The predicted octanol–water partition coefficient (Wildman–Crippen LogP) is 2.04. The molecule has 2 aromatic rings. The molecule has 1 aromatic heterocycles. The van der Waals surface area contributed by atoms with Crippen molar-refractivity contribution in [2.45, 2.75) is 19.4 Å². The standard InChI is InChI=1S/C15H19N3O2S/c1-13(14-6-4-3-5-7-14)12-21(19,20)18(2)11-15-10-16-8-9-17-15/h3-10,13H,11-12H2,1-2H3/t13-/m0/s1. The summed E-state index contributed by atoms with van der Waals surface area (Å²) in [4.78, 5) is 8.05. The lowest BCUT2D eigenvalue weighted by Crippen LogP contribution is -2.31. The fourth-order valence-corrected chi connectivity index (χ4v) is 3.47. The van der Waals surface area contributed by atoms with E-state index in [1.54, 1.807) is 25.6 Å². The maximum Gasteiger partial charge on any atom is 0.214 e. The van der Waals surface area contributed by atoms with Crippen molar-refractivity contribution >= 4 is 10.0 Å². The Morgan fingerprint density at radius 1 is 1.19 bits per heavy atom. The summed E-state index contributed by atoms with van der Waals surface area (Å²) >= 11 is 0. The summed E-state index contributed by atoms with van der Waals surface area (Å²) in [6.07, 6.45) is 4.70. The maximum absolute atomic E-state index is 12.4. The van der Waals surface area contributed by atoms with E-state index in [-0.39, 0.29) is 18.2 Å². The van der Waals surface area contributed by atoms with Crippen LogP contribution < -0.4 is 0 Å². The second-order valence-corrected chi connectivity index (χ2v) is 7.16. The summed E-state index contributed by atoms with van der Waals surface area (Å²) in [6, 6.07) is 9.65. The van der Waals surface area contributed by atoms with Gasteiger partial charge in [-0.2, -0.15) is 4.31 Å². The SMILES string of the molecule is C[C@@H](CS(=O)(=O)N(C)Cc1cnccn1)c1ccccc1. The molecule has 1 heterocycles. The van der Waals surface area contributed by atoms with Gasteiger partial charge >= 0.3 is 0 Å². The van der Waals surface area contributed by atoms with Gasteiger partial charge in [-0.05, 0) is 11.5 Å². The van der Waals surface area contributed by atoms with E-state index in [1.165, 1.54) is 4.31 Å². The molecule has 0 aliphatic rings. The van der Waals surface area contributed by atoms with Gasteiger partial charge in [-0.15, -0.1) is 0 Å². The molecule has 0 saturated heterocycles. The van der Waals surface area contributed by atoms with Gasteiger partial charge in [0.05, 0.1) is 18.0 Å². The van der Waals surface area contributed by atoms with Crippen molar-refractivity contribution in [2.75, 3.05) is 12.8 Å². The molecule has 0 aliphatic heterocycles. The van der Waals surface area contributed by atoms with Crippen molar-refractivity contribution in [2.24, 2.45) is 0 Å². The molecule has 0 fully saturated rings. The molecule has 0 radical (unpaired) electrons. The van der Waals surface area contributed by atoms with Crippen molar-refractivity contribution in [1.29, 1.82) is 0 Å². The molecule has 5 nitrogen and oxygen atoms in total. The molecule has 0 N–H and O–H groups in total. The van der Waals surface area contributed by atoms with E-state index < -0.39 is 10.0 Å². The Labute approximate surface area is 125 Å². The Hall–Kier alpha value is -1.79. The summed E-state index contributed by atoms with van der Waals surface area (Å²) in [5.74, 6) is 0.0221. The van der Waals surface area contributed by atoms with E-state index in [2.05, 4.69) is 9.97 Å². The largest absolute Gasteiger partial charge is 0.261 e. The zero-order chi connectivity index (χ0) is 15.3. The summed E-state index contributed by atoms with van der Waals surface area (Å²) in [7, 11) is -1.77. The van der Waals surface area contributed by atoms with Crippen molar-refractivity contribution in [3.63, 3.8) is 0 Å². The monoisotopic (exact) mass is 305 g/mol. The average molecular weight is 305 g/mol. The Balaban J connectivity index is 2.04. The second kappa shape index (κ2) is 6.78. The molecule has 0 spiro atoms. The molecular formula is C15H19N3O2S. The van der Waals surface area contributed by atoms with Gasteiger partial charge < -0.3 is 0 Å². The van der Waals surface area contributed by atoms with Gasteiger partial charge in [0.2, 0.25) is 10.0 Å². The van der Waals surface area contributed by atoms with Gasteiger partial charge in [0.25, 0.3) is 0 Å². The molecule has 2 rings (SSSR count). The first-order valence-electron chi connectivity index (χ1n) is 6.73. The van der Waals surface area contributed by atoms with Crippen molar-refractivity contribution in [3.05, 3.63) is 60.2 Å². The first-order chi connectivity index (χ1) is 9.99. The zero-order valence-electron chi connectivity index (χ0n) is 12.2. The molecule has 1 atom stereocenters. The molecule has 0 amide bonds. The summed E-state index contributed by atoms with van der Waals surface area (Å²) < 4.78 is 26.1. The molecule has 0 bridgehead atoms. The number of rotatable bonds is 6. The van der Waals surface area contributed by atoms with Crippen LogP contribution in [0.5, 0.6) is 0 Å². The minimum absolute atomic E-state index is 0.0551. The highest BCUT2D eigenvalue weighted by Gasteiger charge is 2.22. The summed E-state index contributed by atoms with van der Waals surface area (Å²) in [6.45, 7) is 2.15. The van der Waals surface area contributed by atoms with Crippen LogP contribution >= 0.6 is 0 Å². The van der Waals surface area contributed by atoms with E-state index in [4.69, 9.17) is 0 Å². The number of nitrogens with zero attached hydrogens (tertiary/aromatic N) is 3. The third-order valence-electron chi connectivity index (χ3n) is 3.31. The van der Waals surface area contributed by atoms with Gasteiger partial charge in [-0.25, -0.2) is 8.42 Å². The highest BCUT2D eigenvalue weighted by molar-refractivity contribution is 7.89. The second-order valence-electron chi connectivity index (χ2n) is 5.04. The third kappa shape index (κ3) is 4.34. The molecule has 1 aromatic carbocycles. The van der Waals surface area contributed by atoms with Gasteiger partial charge in [-0.3, -0.25) is 9.97 Å². The van der Waals surface area contributed by atoms with Crippen molar-refractivity contribution in [1.82, 2.24) is 14.3 Å². The lowest BCUT2D eigenvalue weighted by Gasteiger charge is -2.19. The van der Waals surface area contributed by atoms with E-state index in [1.807, 2.05) is 37.3 Å². The van der Waals surface area contributed by atoms with Crippen LogP contribution in [-0.2, 0) is 16.6 Å². The highest BCUT2D eigenvalue weighted by Crippen LogP contribution is 2.18. The minimum Gasteiger partial charge on any atom is -0.261 e. The van der Waals surface area contributed by atoms with Crippen LogP contribution in [0.15, 0.2) is 48.9 Å². The Morgan fingerprint density at radius 2 is 1.90 bits per heavy atom. The number of sulfonamides is 1. The van der Waals surface area contributed by atoms with Crippen LogP contribution in [-0.4, -0.2) is 35.5 Å². The first-order valence-corrected chi connectivity index (χ1v) is 8.34. The van der Waals surface area contributed by atoms with Gasteiger partial charge in [0.1, 0.15) is 0 Å². The van der Waals surface area contributed by atoms with E-state index in [0.29, 0.717) is 5.69 Å². The molecule has 0 aliphatic carbocycles. The van der Waals surface area contributed by atoms with Crippen LogP contribution in [0.2, 0.25) is 0 Å². The lowest BCUT2D eigenvalue weighted by atomic mass is 10.0. The van der Waals surface area contributed by atoms with Crippen LogP contribution in [0, 0.1) is 0 Å². The van der Waals surface area contributed by atoms with Gasteiger partial charge in [-0.1, -0.05) is 37.3 Å². The fourth-order valence-electron chi connectivity index (χ4n) is 2.06. The van der Waals surface area contributed by atoms with Crippen LogP contribution in [0.1, 0.15) is 24.1 Å². The fraction of sp³-hybridized carbons (Fsp3) is 0.333.